The highest BCUT2D eigenvalue weighted by molar-refractivity contribution is 4.67. The summed E-state index contributed by atoms with van der Waals surface area (Å²) in [4.78, 5) is 0. The molecular formula is C13H29NO. The number of hydrogen-bond donors (Lipinski definition) is 1. The summed E-state index contributed by atoms with van der Waals surface area (Å²) in [6.07, 6.45) is 7.41. The number of nitrogens with two attached hydrogens (primary N) is 1. The molecule has 0 heterocycles. The van der Waals surface area contributed by atoms with E-state index in [4.69, 9.17) is 10.5 Å². The second-order valence-electron chi connectivity index (χ2n) is 4.49. The number of rotatable bonds is 10. The summed E-state index contributed by atoms with van der Waals surface area (Å²) in [5.74, 6) is 0.796. The zero-order valence-corrected chi connectivity index (χ0v) is 10.8. The molecule has 92 valence electrons. The fourth-order valence-electron chi connectivity index (χ4n) is 1.86. The summed E-state index contributed by atoms with van der Waals surface area (Å²) in [5.41, 5.74) is 6.04. The van der Waals surface area contributed by atoms with Crippen molar-refractivity contribution in [3.8, 4) is 0 Å². The molecule has 0 spiro atoms. The first-order valence-corrected chi connectivity index (χ1v) is 6.57. The van der Waals surface area contributed by atoms with Crippen LogP contribution in [0.1, 0.15) is 59.3 Å². The average molecular weight is 215 g/mol. The highest BCUT2D eigenvalue weighted by Gasteiger charge is 2.11. The average Bonchev–Trinajstić information content (AvgIpc) is 2.24. The fourth-order valence-corrected chi connectivity index (χ4v) is 1.86. The Balaban J connectivity index is 3.55. The SMILES string of the molecule is CCCCC(CC)CC(N)COCCC. The minimum absolute atomic E-state index is 0.235. The third kappa shape index (κ3) is 8.88. The zero-order valence-electron chi connectivity index (χ0n) is 10.8. The highest BCUT2D eigenvalue weighted by Crippen LogP contribution is 2.17. The molecule has 0 aliphatic carbocycles. The van der Waals surface area contributed by atoms with Gasteiger partial charge < -0.3 is 10.5 Å². The molecule has 0 aromatic rings. The summed E-state index contributed by atoms with van der Waals surface area (Å²) in [5, 5.41) is 0. The number of hydrogen-bond acceptors (Lipinski definition) is 2. The third-order valence-corrected chi connectivity index (χ3v) is 2.86. The van der Waals surface area contributed by atoms with Crippen LogP contribution in [-0.4, -0.2) is 19.3 Å². The van der Waals surface area contributed by atoms with Gasteiger partial charge in [-0.3, -0.25) is 0 Å². The van der Waals surface area contributed by atoms with Crippen LogP contribution < -0.4 is 5.73 Å². The predicted octanol–water partition coefficient (Wildman–Crippen LogP) is 3.35. The molecule has 2 heteroatoms. The molecule has 0 bridgehead atoms. The lowest BCUT2D eigenvalue weighted by molar-refractivity contribution is 0.114. The molecule has 0 fully saturated rings. The molecule has 2 unspecified atom stereocenters. The molecule has 15 heavy (non-hydrogen) atoms. The van der Waals surface area contributed by atoms with Crippen LogP contribution in [0.15, 0.2) is 0 Å². The summed E-state index contributed by atoms with van der Waals surface area (Å²) in [6.45, 7) is 8.22. The molecule has 0 aliphatic heterocycles. The van der Waals surface area contributed by atoms with Crippen LogP contribution in [0.5, 0.6) is 0 Å². The molecular weight excluding hydrogens is 186 g/mol. The Hall–Kier alpha value is -0.0800. The van der Waals surface area contributed by atoms with Crippen molar-refractivity contribution in [2.75, 3.05) is 13.2 Å². The van der Waals surface area contributed by atoms with Crippen LogP contribution in [0.25, 0.3) is 0 Å². The van der Waals surface area contributed by atoms with Gasteiger partial charge in [0.1, 0.15) is 0 Å². The Morgan fingerprint density at radius 3 is 2.40 bits per heavy atom. The quantitative estimate of drug-likeness (QED) is 0.567. The van der Waals surface area contributed by atoms with E-state index in [1.54, 1.807) is 0 Å². The first kappa shape index (κ1) is 14.9. The maximum absolute atomic E-state index is 6.04. The summed E-state index contributed by atoms with van der Waals surface area (Å²) in [7, 11) is 0. The zero-order chi connectivity index (χ0) is 11.5. The van der Waals surface area contributed by atoms with E-state index in [-0.39, 0.29) is 6.04 Å². The van der Waals surface area contributed by atoms with Gasteiger partial charge in [0.15, 0.2) is 0 Å². The topological polar surface area (TPSA) is 35.2 Å². The molecule has 2 nitrogen and oxygen atoms in total. The summed E-state index contributed by atoms with van der Waals surface area (Å²) < 4.78 is 5.47. The van der Waals surface area contributed by atoms with Crippen molar-refractivity contribution in [2.45, 2.75) is 65.3 Å². The van der Waals surface area contributed by atoms with Crippen molar-refractivity contribution >= 4 is 0 Å². The largest absolute Gasteiger partial charge is 0.380 e. The Morgan fingerprint density at radius 2 is 1.87 bits per heavy atom. The van der Waals surface area contributed by atoms with E-state index in [0.717, 1.165) is 32.0 Å². The minimum Gasteiger partial charge on any atom is -0.380 e. The minimum atomic E-state index is 0.235. The van der Waals surface area contributed by atoms with Crippen molar-refractivity contribution in [1.29, 1.82) is 0 Å². The maximum Gasteiger partial charge on any atom is 0.0617 e. The van der Waals surface area contributed by atoms with Crippen LogP contribution in [0.4, 0.5) is 0 Å². The van der Waals surface area contributed by atoms with Crippen LogP contribution in [0, 0.1) is 5.92 Å². The van der Waals surface area contributed by atoms with E-state index in [1.807, 2.05) is 0 Å². The lowest BCUT2D eigenvalue weighted by Gasteiger charge is -2.19. The second kappa shape index (κ2) is 10.4. The van der Waals surface area contributed by atoms with Gasteiger partial charge in [0.05, 0.1) is 6.61 Å². The van der Waals surface area contributed by atoms with Crippen molar-refractivity contribution in [3.63, 3.8) is 0 Å². The van der Waals surface area contributed by atoms with Gasteiger partial charge >= 0.3 is 0 Å². The lowest BCUT2D eigenvalue weighted by Crippen LogP contribution is -2.29. The molecule has 0 aromatic carbocycles. The smallest absolute Gasteiger partial charge is 0.0617 e. The van der Waals surface area contributed by atoms with E-state index in [0.29, 0.717) is 0 Å². The van der Waals surface area contributed by atoms with Crippen LogP contribution in [0.3, 0.4) is 0 Å². The molecule has 0 radical (unpaired) electrons. The fraction of sp³-hybridized carbons (Fsp3) is 1.00. The van der Waals surface area contributed by atoms with Gasteiger partial charge in [-0.05, 0) is 18.8 Å². The Morgan fingerprint density at radius 1 is 1.13 bits per heavy atom. The predicted molar refractivity (Wildman–Crippen MR) is 67.0 cm³/mol. The normalized spacial score (nSPS) is 15.2. The maximum atomic E-state index is 6.04. The molecule has 0 amide bonds. The Labute approximate surface area is 95.6 Å². The lowest BCUT2D eigenvalue weighted by atomic mass is 9.93. The van der Waals surface area contributed by atoms with E-state index in [1.165, 1.54) is 25.7 Å². The highest BCUT2D eigenvalue weighted by atomic mass is 16.5. The number of ether oxygens (including phenoxy) is 1. The molecule has 0 saturated heterocycles. The molecule has 0 saturated carbocycles. The van der Waals surface area contributed by atoms with Crippen molar-refractivity contribution < 1.29 is 4.74 Å². The first-order chi connectivity index (χ1) is 7.24. The first-order valence-electron chi connectivity index (χ1n) is 6.57. The van der Waals surface area contributed by atoms with Gasteiger partial charge in [0.2, 0.25) is 0 Å². The van der Waals surface area contributed by atoms with Crippen molar-refractivity contribution in [1.82, 2.24) is 0 Å². The van der Waals surface area contributed by atoms with Gasteiger partial charge in [-0.1, -0.05) is 46.5 Å². The molecule has 2 atom stereocenters. The third-order valence-electron chi connectivity index (χ3n) is 2.86. The Bertz CT molecular complexity index is 128. The van der Waals surface area contributed by atoms with Crippen LogP contribution in [-0.2, 0) is 4.74 Å². The van der Waals surface area contributed by atoms with E-state index < -0.39 is 0 Å². The van der Waals surface area contributed by atoms with E-state index in [2.05, 4.69) is 20.8 Å². The number of unbranched alkanes of at least 4 members (excludes halogenated alkanes) is 1. The van der Waals surface area contributed by atoms with Gasteiger partial charge in [-0.15, -0.1) is 0 Å². The monoisotopic (exact) mass is 215 g/mol. The van der Waals surface area contributed by atoms with Gasteiger partial charge in [0.25, 0.3) is 0 Å². The van der Waals surface area contributed by atoms with Crippen molar-refractivity contribution in [3.05, 3.63) is 0 Å². The van der Waals surface area contributed by atoms with Crippen molar-refractivity contribution in [2.24, 2.45) is 11.7 Å². The van der Waals surface area contributed by atoms with Gasteiger partial charge in [-0.25, -0.2) is 0 Å². The van der Waals surface area contributed by atoms with Gasteiger partial charge in [-0.2, -0.15) is 0 Å². The summed E-state index contributed by atoms with van der Waals surface area (Å²) in [6, 6.07) is 0.235. The van der Waals surface area contributed by atoms with Crippen LogP contribution in [0.2, 0.25) is 0 Å². The molecule has 0 aromatic heterocycles. The van der Waals surface area contributed by atoms with E-state index in [9.17, 15) is 0 Å². The van der Waals surface area contributed by atoms with E-state index >= 15 is 0 Å². The Kier molecular flexibility index (Phi) is 10.4. The standard InChI is InChI=1S/C13H29NO/c1-4-7-8-12(6-3)10-13(14)11-15-9-5-2/h12-13H,4-11,14H2,1-3H3. The van der Waals surface area contributed by atoms with Crippen LogP contribution >= 0.6 is 0 Å². The molecule has 0 aliphatic rings. The van der Waals surface area contributed by atoms with Gasteiger partial charge in [0, 0.05) is 12.6 Å². The summed E-state index contributed by atoms with van der Waals surface area (Å²) >= 11 is 0. The molecule has 0 rings (SSSR count). The molecule has 2 N–H and O–H groups in total. The second-order valence-corrected chi connectivity index (χ2v) is 4.49.